The van der Waals surface area contributed by atoms with E-state index in [2.05, 4.69) is 10.6 Å². The molecule has 36 heavy (non-hydrogen) atoms. The molecule has 1 fully saturated rings. The van der Waals surface area contributed by atoms with Crippen LogP contribution < -0.4 is 10.6 Å². The summed E-state index contributed by atoms with van der Waals surface area (Å²) in [5.41, 5.74) is 1.70. The molecule has 2 unspecified atom stereocenters. The molecule has 11 heteroatoms. The molecule has 9 nitrogen and oxygen atoms in total. The Morgan fingerprint density at radius 2 is 1.44 bits per heavy atom. The standard InChI is InChI=1S/C25H24ClN3O6S/c1-29(35-2)36(33,34)25-17(26)13-14-18(22(25)30)27-20-21(24(32)23(20)31)28-19(15-9-5-3-6-10-15)16-11-7-4-8-12-16/h3-14,19-21,27-28,30H,1-2H3. The number of phenols is 1. The molecule has 0 amide bonds. The zero-order valence-electron chi connectivity index (χ0n) is 19.4. The topological polar surface area (TPSA) is 125 Å². The van der Waals surface area contributed by atoms with Crippen molar-refractivity contribution in [3.63, 3.8) is 0 Å². The van der Waals surface area contributed by atoms with Crippen molar-refractivity contribution >= 4 is 38.9 Å². The first kappa shape index (κ1) is 25.8. The average Bonchev–Trinajstić information content (AvgIpc) is 2.89. The number of aromatic hydroxyl groups is 1. The number of phenolic OH excluding ortho intramolecular Hbond substituents is 1. The maximum atomic E-state index is 12.8. The summed E-state index contributed by atoms with van der Waals surface area (Å²) < 4.78 is 26.1. The Hall–Kier alpha value is -3.28. The van der Waals surface area contributed by atoms with Crippen molar-refractivity contribution in [2.75, 3.05) is 19.5 Å². The van der Waals surface area contributed by atoms with Crippen molar-refractivity contribution in [1.29, 1.82) is 0 Å². The van der Waals surface area contributed by atoms with E-state index in [9.17, 15) is 23.1 Å². The Morgan fingerprint density at radius 3 is 1.97 bits per heavy atom. The molecule has 0 heterocycles. The third-order valence-electron chi connectivity index (χ3n) is 6.00. The summed E-state index contributed by atoms with van der Waals surface area (Å²) in [4.78, 5) is 29.3. The Morgan fingerprint density at radius 1 is 0.917 bits per heavy atom. The average molecular weight is 530 g/mol. The van der Waals surface area contributed by atoms with Crippen LogP contribution in [0.2, 0.25) is 5.02 Å². The van der Waals surface area contributed by atoms with Gasteiger partial charge in [0.25, 0.3) is 10.0 Å². The summed E-state index contributed by atoms with van der Waals surface area (Å²) in [6.45, 7) is 0. The number of rotatable bonds is 9. The minimum Gasteiger partial charge on any atom is -0.504 e. The number of benzene rings is 3. The lowest BCUT2D eigenvalue weighted by atomic mass is 9.81. The van der Waals surface area contributed by atoms with Crippen molar-refractivity contribution in [1.82, 2.24) is 9.79 Å². The Kier molecular flexibility index (Phi) is 7.43. The van der Waals surface area contributed by atoms with Gasteiger partial charge in [-0.1, -0.05) is 76.7 Å². The fraction of sp³-hybridized carbons (Fsp3) is 0.200. The molecular weight excluding hydrogens is 506 g/mol. The smallest absolute Gasteiger partial charge is 0.269 e. The second kappa shape index (κ2) is 10.4. The highest BCUT2D eigenvalue weighted by Gasteiger charge is 2.50. The third-order valence-corrected chi connectivity index (χ3v) is 8.18. The molecule has 1 aliphatic rings. The zero-order chi connectivity index (χ0) is 26.0. The van der Waals surface area contributed by atoms with Crippen LogP contribution in [-0.4, -0.2) is 55.8 Å². The molecule has 188 valence electrons. The molecule has 3 N–H and O–H groups in total. The van der Waals surface area contributed by atoms with Gasteiger partial charge in [-0.15, -0.1) is 0 Å². The van der Waals surface area contributed by atoms with Crippen LogP contribution in [0.1, 0.15) is 17.2 Å². The number of hydroxylamine groups is 1. The van der Waals surface area contributed by atoms with Crippen LogP contribution in [0.25, 0.3) is 0 Å². The maximum Gasteiger partial charge on any atom is 0.269 e. The number of carbonyl (C=O) groups excluding carboxylic acids is 2. The van der Waals surface area contributed by atoms with Gasteiger partial charge >= 0.3 is 0 Å². The van der Waals surface area contributed by atoms with E-state index in [4.69, 9.17) is 16.4 Å². The van der Waals surface area contributed by atoms with Crippen LogP contribution in [0.5, 0.6) is 5.75 Å². The molecule has 2 atom stereocenters. The first-order valence-corrected chi connectivity index (χ1v) is 12.7. The lowest BCUT2D eigenvalue weighted by Gasteiger charge is -2.38. The molecule has 0 spiro atoms. The Labute approximate surface area is 213 Å². The predicted molar refractivity (Wildman–Crippen MR) is 134 cm³/mol. The van der Waals surface area contributed by atoms with E-state index in [1.165, 1.54) is 12.1 Å². The van der Waals surface area contributed by atoms with E-state index in [1.54, 1.807) is 0 Å². The fourth-order valence-electron chi connectivity index (χ4n) is 3.99. The van der Waals surface area contributed by atoms with Crippen molar-refractivity contribution < 1.29 is 28.0 Å². The van der Waals surface area contributed by atoms with Crippen molar-refractivity contribution in [3.8, 4) is 5.75 Å². The second-order valence-electron chi connectivity index (χ2n) is 8.12. The van der Waals surface area contributed by atoms with E-state index in [0.717, 1.165) is 25.3 Å². The second-order valence-corrected chi connectivity index (χ2v) is 10.4. The summed E-state index contributed by atoms with van der Waals surface area (Å²) in [6, 6.07) is 19.1. The van der Waals surface area contributed by atoms with Crippen LogP contribution >= 0.6 is 11.6 Å². The van der Waals surface area contributed by atoms with Gasteiger partial charge in [-0.05, 0) is 23.3 Å². The summed E-state index contributed by atoms with van der Waals surface area (Å²) in [6.07, 6.45) is 0. The van der Waals surface area contributed by atoms with Gasteiger partial charge in [0.2, 0.25) is 11.6 Å². The van der Waals surface area contributed by atoms with Crippen LogP contribution in [-0.2, 0) is 24.4 Å². The van der Waals surface area contributed by atoms with Gasteiger partial charge in [0.1, 0.15) is 17.0 Å². The van der Waals surface area contributed by atoms with Gasteiger partial charge in [0.05, 0.1) is 23.9 Å². The SMILES string of the molecule is CON(C)S(=O)(=O)c1c(Cl)ccc(NC2C(=O)C(=O)C2NC(c2ccccc2)c2ccccc2)c1O. The van der Waals surface area contributed by atoms with E-state index in [1.807, 2.05) is 60.7 Å². The van der Waals surface area contributed by atoms with Crippen molar-refractivity contribution in [2.45, 2.75) is 23.0 Å². The zero-order valence-corrected chi connectivity index (χ0v) is 21.0. The summed E-state index contributed by atoms with van der Waals surface area (Å²) in [7, 11) is -2.01. The molecule has 3 aromatic carbocycles. The van der Waals surface area contributed by atoms with E-state index in [-0.39, 0.29) is 10.7 Å². The van der Waals surface area contributed by atoms with Gasteiger partial charge in [-0.25, -0.2) is 8.42 Å². The number of carbonyl (C=O) groups is 2. The van der Waals surface area contributed by atoms with Crippen LogP contribution in [0.3, 0.4) is 0 Å². The quantitative estimate of drug-likeness (QED) is 0.219. The summed E-state index contributed by atoms with van der Waals surface area (Å²) >= 11 is 6.07. The third kappa shape index (κ3) is 4.73. The molecule has 0 aromatic heterocycles. The van der Waals surface area contributed by atoms with Gasteiger partial charge in [0.15, 0.2) is 5.75 Å². The van der Waals surface area contributed by atoms with Crippen LogP contribution in [0.15, 0.2) is 77.7 Å². The summed E-state index contributed by atoms with van der Waals surface area (Å²) in [5.74, 6) is -2.01. The van der Waals surface area contributed by atoms with Gasteiger partial charge in [0, 0.05) is 7.05 Å². The fourth-order valence-corrected chi connectivity index (χ4v) is 5.56. The monoisotopic (exact) mass is 529 g/mol. The van der Waals surface area contributed by atoms with Crippen molar-refractivity contribution in [2.24, 2.45) is 0 Å². The molecule has 0 aliphatic heterocycles. The number of nitrogens with one attached hydrogen (secondary N) is 2. The molecule has 1 aliphatic carbocycles. The van der Waals surface area contributed by atoms with Crippen LogP contribution in [0, 0.1) is 0 Å². The highest BCUT2D eigenvalue weighted by molar-refractivity contribution is 7.89. The predicted octanol–water partition coefficient (Wildman–Crippen LogP) is 2.91. The Balaban J connectivity index is 1.65. The van der Waals surface area contributed by atoms with Crippen molar-refractivity contribution in [3.05, 3.63) is 88.9 Å². The van der Waals surface area contributed by atoms with Gasteiger partial charge in [-0.3, -0.25) is 19.7 Å². The van der Waals surface area contributed by atoms with Gasteiger partial charge < -0.3 is 10.4 Å². The number of anilines is 1. The van der Waals surface area contributed by atoms with Crippen LogP contribution in [0.4, 0.5) is 5.69 Å². The molecular formula is C25H24ClN3O6S. The maximum absolute atomic E-state index is 12.8. The molecule has 0 saturated heterocycles. The number of nitrogens with zero attached hydrogens (tertiary/aromatic N) is 1. The lowest BCUT2D eigenvalue weighted by molar-refractivity contribution is -0.145. The number of sulfonamides is 1. The highest BCUT2D eigenvalue weighted by Crippen LogP contribution is 2.39. The molecule has 4 rings (SSSR count). The number of ketones is 2. The number of hydrogen-bond acceptors (Lipinski definition) is 8. The minimum atomic E-state index is -4.30. The Bertz CT molecular complexity index is 1350. The number of halogens is 1. The largest absolute Gasteiger partial charge is 0.504 e. The molecule has 3 aromatic rings. The van der Waals surface area contributed by atoms with E-state index >= 15 is 0 Å². The molecule has 0 radical (unpaired) electrons. The van der Waals surface area contributed by atoms with E-state index < -0.39 is 50.4 Å². The minimum absolute atomic E-state index is 0.0731. The normalized spacial score (nSPS) is 17.9. The lowest BCUT2D eigenvalue weighted by Crippen LogP contribution is -2.67. The number of hydrogen-bond donors (Lipinski definition) is 3. The van der Waals surface area contributed by atoms with E-state index in [0.29, 0.717) is 4.47 Å². The molecule has 0 bridgehead atoms. The number of Topliss-reactive ketones (excluding diaryl/α,β-unsaturated/α-hetero) is 2. The van der Waals surface area contributed by atoms with Gasteiger partial charge in [-0.2, -0.15) is 0 Å². The molecule has 1 saturated carbocycles. The first-order valence-electron chi connectivity index (χ1n) is 10.9. The first-order chi connectivity index (χ1) is 17.2. The highest BCUT2D eigenvalue weighted by atomic mass is 35.5. The summed E-state index contributed by atoms with van der Waals surface area (Å²) in [5, 5.41) is 16.6.